The molecule has 0 N–H and O–H groups in total. The summed E-state index contributed by atoms with van der Waals surface area (Å²) in [5.41, 5.74) is 6.70. The highest BCUT2D eigenvalue weighted by Crippen LogP contribution is 2.35. The van der Waals surface area contributed by atoms with Crippen molar-refractivity contribution in [2.24, 2.45) is 0 Å². The van der Waals surface area contributed by atoms with Crippen LogP contribution in [-0.4, -0.2) is 24.6 Å². The minimum Gasteiger partial charge on any atom is -0.469 e. The van der Waals surface area contributed by atoms with E-state index in [1.165, 1.54) is 18.2 Å². The van der Waals surface area contributed by atoms with E-state index in [-0.39, 0.29) is 12.4 Å². The number of methoxy groups -OCH3 is 1. The number of anilines is 1. The fourth-order valence-corrected chi connectivity index (χ4v) is 3.83. The Labute approximate surface area is 153 Å². The first-order valence-corrected chi connectivity index (χ1v) is 8.94. The van der Waals surface area contributed by atoms with Gasteiger partial charge >= 0.3 is 5.97 Å². The molecule has 0 unspecified atom stereocenters. The summed E-state index contributed by atoms with van der Waals surface area (Å²) in [6.07, 6.45) is 1.25. The quantitative estimate of drug-likeness (QED) is 0.676. The topological polar surface area (TPSA) is 42.4 Å². The second kappa shape index (κ2) is 6.79. The molecule has 2 heterocycles. The molecule has 26 heavy (non-hydrogen) atoms. The summed E-state index contributed by atoms with van der Waals surface area (Å²) in [5.74, 6) is -0.233. The van der Waals surface area contributed by atoms with Crippen molar-refractivity contribution in [1.29, 1.82) is 0 Å². The summed E-state index contributed by atoms with van der Waals surface area (Å²) in [4.78, 5) is 19.1. The zero-order valence-electron chi connectivity index (χ0n) is 15.2. The van der Waals surface area contributed by atoms with Crippen molar-refractivity contribution < 1.29 is 9.53 Å². The number of carbonyl (C=O) groups is 1. The zero-order chi connectivity index (χ0) is 18.1. The molecule has 0 bridgehead atoms. The SMILES string of the molecule is COC(=O)Cc1c(C)nc2ccccc2c1N1CCc2ccccc2C1. The lowest BCUT2D eigenvalue weighted by Gasteiger charge is -2.33. The molecule has 0 fully saturated rings. The maximum absolute atomic E-state index is 12.0. The number of rotatable bonds is 3. The summed E-state index contributed by atoms with van der Waals surface area (Å²) in [6, 6.07) is 16.8. The third kappa shape index (κ3) is 2.92. The van der Waals surface area contributed by atoms with Crippen LogP contribution >= 0.6 is 0 Å². The molecule has 1 aromatic heterocycles. The summed E-state index contributed by atoms with van der Waals surface area (Å²) in [6.45, 7) is 3.75. The molecule has 0 saturated heterocycles. The molecule has 1 aliphatic rings. The van der Waals surface area contributed by atoms with Gasteiger partial charge in [0.25, 0.3) is 0 Å². The van der Waals surface area contributed by atoms with Gasteiger partial charge in [0.1, 0.15) is 0 Å². The Balaban J connectivity index is 1.87. The smallest absolute Gasteiger partial charge is 0.310 e. The van der Waals surface area contributed by atoms with E-state index in [9.17, 15) is 4.79 Å². The number of carbonyl (C=O) groups excluding carboxylic acids is 1. The van der Waals surface area contributed by atoms with Gasteiger partial charge in [0.15, 0.2) is 0 Å². The van der Waals surface area contributed by atoms with Crippen LogP contribution in [0.15, 0.2) is 48.5 Å². The van der Waals surface area contributed by atoms with Crippen LogP contribution < -0.4 is 4.90 Å². The first-order valence-electron chi connectivity index (χ1n) is 8.94. The molecule has 2 aromatic carbocycles. The largest absolute Gasteiger partial charge is 0.469 e. The van der Waals surface area contributed by atoms with Crippen molar-refractivity contribution in [3.8, 4) is 0 Å². The Morgan fingerprint density at radius 2 is 1.85 bits per heavy atom. The molecule has 0 saturated carbocycles. The lowest BCUT2D eigenvalue weighted by Crippen LogP contribution is -2.32. The minimum atomic E-state index is -0.233. The summed E-state index contributed by atoms with van der Waals surface area (Å²) in [7, 11) is 1.43. The molecule has 0 aliphatic carbocycles. The van der Waals surface area contributed by atoms with Crippen molar-refractivity contribution in [2.45, 2.75) is 26.3 Å². The molecular weight excluding hydrogens is 324 g/mol. The predicted molar refractivity (Wildman–Crippen MR) is 103 cm³/mol. The van der Waals surface area contributed by atoms with Crippen molar-refractivity contribution in [1.82, 2.24) is 4.98 Å². The fourth-order valence-electron chi connectivity index (χ4n) is 3.83. The molecule has 0 amide bonds. The van der Waals surface area contributed by atoms with Crippen molar-refractivity contribution in [3.63, 3.8) is 0 Å². The number of para-hydroxylation sites is 1. The molecule has 4 nitrogen and oxygen atoms in total. The molecule has 1 aliphatic heterocycles. The molecule has 0 radical (unpaired) electrons. The zero-order valence-corrected chi connectivity index (χ0v) is 15.2. The number of hydrogen-bond acceptors (Lipinski definition) is 4. The molecule has 3 aromatic rings. The van der Waals surface area contributed by atoms with Crippen LogP contribution in [0.5, 0.6) is 0 Å². The van der Waals surface area contributed by atoms with Crippen LogP contribution in [0.25, 0.3) is 10.9 Å². The second-order valence-corrected chi connectivity index (χ2v) is 6.73. The first-order chi connectivity index (χ1) is 12.7. The van der Waals surface area contributed by atoms with E-state index in [4.69, 9.17) is 9.72 Å². The number of hydrogen-bond donors (Lipinski definition) is 0. The lowest BCUT2D eigenvalue weighted by molar-refractivity contribution is -0.139. The Morgan fingerprint density at radius 3 is 2.65 bits per heavy atom. The summed E-state index contributed by atoms with van der Waals surface area (Å²) in [5, 5.41) is 1.09. The van der Waals surface area contributed by atoms with Crippen LogP contribution in [0.4, 0.5) is 5.69 Å². The lowest BCUT2D eigenvalue weighted by atomic mass is 9.96. The van der Waals surface area contributed by atoms with Crippen LogP contribution in [-0.2, 0) is 28.9 Å². The van der Waals surface area contributed by atoms with Gasteiger partial charge in [-0.3, -0.25) is 9.78 Å². The summed E-state index contributed by atoms with van der Waals surface area (Å²) < 4.78 is 4.93. The fraction of sp³-hybridized carbons (Fsp3) is 0.273. The standard InChI is InChI=1S/C22H22N2O2/c1-15-19(13-21(25)26-2)22(18-9-5-6-10-20(18)23-15)24-12-11-16-7-3-4-8-17(16)14-24/h3-10H,11-14H2,1-2H3. The summed E-state index contributed by atoms with van der Waals surface area (Å²) >= 11 is 0. The van der Waals surface area contributed by atoms with Gasteiger partial charge in [0.2, 0.25) is 0 Å². The molecule has 0 atom stereocenters. The molecular formula is C22H22N2O2. The second-order valence-electron chi connectivity index (χ2n) is 6.73. The van der Waals surface area contributed by atoms with Crippen LogP contribution in [0, 0.1) is 6.92 Å². The van der Waals surface area contributed by atoms with Crippen molar-refractivity contribution >= 4 is 22.6 Å². The highest BCUT2D eigenvalue weighted by molar-refractivity contribution is 5.95. The van der Waals surface area contributed by atoms with E-state index in [0.717, 1.165) is 47.4 Å². The van der Waals surface area contributed by atoms with E-state index in [2.05, 4.69) is 35.2 Å². The van der Waals surface area contributed by atoms with Crippen LogP contribution in [0.1, 0.15) is 22.4 Å². The average Bonchev–Trinajstić information content (AvgIpc) is 2.68. The molecule has 0 spiro atoms. The van der Waals surface area contributed by atoms with Gasteiger partial charge < -0.3 is 9.64 Å². The maximum Gasteiger partial charge on any atom is 0.310 e. The average molecular weight is 346 g/mol. The Morgan fingerprint density at radius 1 is 1.12 bits per heavy atom. The molecule has 132 valence electrons. The molecule has 4 heteroatoms. The Kier molecular flexibility index (Phi) is 4.33. The Bertz CT molecular complexity index is 981. The number of aryl methyl sites for hydroxylation is 1. The predicted octanol–water partition coefficient (Wildman–Crippen LogP) is 3.82. The highest BCUT2D eigenvalue weighted by atomic mass is 16.5. The third-order valence-corrected chi connectivity index (χ3v) is 5.17. The van der Waals surface area contributed by atoms with Gasteiger partial charge in [-0.15, -0.1) is 0 Å². The minimum absolute atomic E-state index is 0.233. The highest BCUT2D eigenvalue weighted by Gasteiger charge is 2.23. The number of esters is 1. The Hall–Kier alpha value is -2.88. The van der Waals surface area contributed by atoms with Gasteiger partial charge in [-0.2, -0.15) is 0 Å². The van der Waals surface area contributed by atoms with E-state index < -0.39 is 0 Å². The van der Waals surface area contributed by atoms with E-state index in [1.54, 1.807) is 0 Å². The van der Waals surface area contributed by atoms with Gasteiger partial charge in [-0.1, -0.05) is 42.5 Å². The first kappa shape index (κ1) is 16.6. The van der Waals surface area contributed by atoms with Gasteiger partial charge in [0, 0.05) is 29.7 Å². The number of benzene rings is 2. The van der Waals surface area contributed by atoms with Crippen molar-refractivity contribution in [3.05, 3.63) is 70.9 Å². The number of pyridine rings is 1. The monoisotopic (exact) mass is 346 g/mol. The van der Waals surface area contributed by atoms with Gasteiger partial charge in [0.05, 0.1) is 24.7 Å². The number of fused-ring (bicyclic) bond motifs is 2. The third-order valence-electron chi connectivity index (χ3n) is 5.17. The van der Waals surface area contributed by atoms with Crippen LogP contribution in [0.2, 0.25) is 0 Å². The number of aromatic nitrogens is 1. The molecule has 4 rings (SSSR count). The van der Waals surface area contributed by atoms with Gasteiger partial charge in [-0.05, 0) is 30.5 Å². The normalized spacial score (nSPS) is 13.5. The van der Waals surface area contributed by atoms with Crippen molar-refractivity contribution in [2.75, 3.05) is 18.6 Å². The van der Waals surface area contributed by atoms with Crippen LogP contribution in [0.3, 0.4) is 0 Å². The number of nitrogens with zero attached hydrogens (tertiary/aromatic N) is 2. The van der Waals surface area contributed by atoms with E-state index >= 15 is 0 Å². The van der Waals surface area contributed by atoms with E-state index in [1.807, 2.05) is 25.1 Å². The van der Waals surface area contributed by atoms with E-state index in [0.29, 0.717) is 0 Å². The maximum atomic E-state index is 12.0. The number of ether oxygens (including phenoxy) is 1. The van der Waals surface area contributed by atoms with Gasteiger partial charge in [-0.25, -0.2) is 0 Å².